The van der Waals surface area contributed by atoms with Gasteiger partial charge in [-0.25, -0.2) is 0 Å². The molecule has 1 saturated heterocycles. The van der Waals surface area contributed by atoms with Gasteiger partial charge >= 0.3 is 0 Å². The van der Waals surface area contributed by atoms with Gasteiger partial charge < -0.3 is 14.8 Å². The molecular weight excluding hydrogens is 250 g/mol. The van der Waals surface area contributed by atoms with Gasteiger partial charge in [-0.1, -0.05) is 23.7 Å². The Hall–Kier alpha value is -0.610. The number of hydrogen-bond donors (Lipinski definition) is 1. The van der Waals surface area contributed by atoms with Crippen LogP contribution >= 0.6 is 11.6 Å². The van der Waals surface area contributed by atoms with E-state index in [-0.39, 0.29) is 6.10 Å². The predicted octanol–water partition coefficient (Wildman–Crippen LogP) is 2.65. The molecule has 1 aromatic carbocycles. The summed E-state index contributed by atoms with van der Waals surface area (Å²) in [5.74, 6) is 0.539. The molecule has 3 nitrogen and oxygen atoms in total. The van der Waals surface area contributed by atoms with Gasteiger partial charge in [0.25, 0.3) is 0 Å². The van der Waals surface area contributed by atoms with Crippen LogP contribution in [0.3, 0.4) is 0 Å². The van der Waals surface area contributed by atoms with Crippen molar-refractivity contribution in [1.82, 2.24) is 5.32 Å². The van der Waals surface area contributed by atoms with Crippen molar-refractivity contribution in [3.05, 3.63) is 34.9 Å². The average molecular weight is 270 g/mol. The summed E-state index contributed by atoms with van der Waals surface area (Å²) in [6.07, 6.45) is 1.18. The SMILES string of the molecule is CNCC(OCC1CCOC1)c1ccc(Cl)cc1. The van der Waals surface area contributed by atoms with Crippen molar-refractivity contribution < 1.29 is 9.47 Å². The van der Waals surface area contributed by atoms with Crippen LogP contribution in [0.15, 0.2) is 24.3 Å². The fraction of sp³-hybridized carbons (Fsp3) is 0.571. The van der Waals surface area contributed by atoms with E-state index in [1.807, 2.05) is 31.3 Å². The molecule has 18 heavy (non-hydrogen) atoms. The fourth-order valence-corrected chi connectivity index (χ4v) is 2.23. The monoisotopic (exact) mass is 269 g/mol. The van der Waals surface area contributed by atoms with Gasteiger partial charge in [-0.2, -0.15) is 0 Å². The van der Waals surface area contributed by atoms with E-state index < -0.39 is 0 Å². The molecule has 2 rings (SSSR count). The molecule has 2 unspecified atom stereocenters. The van der Waals surface area contributed by atoms with E-state index in [0.717, 1.165) is 43.4 Å². The molecule has 1 fully saturated rings. The molecule has 2 atom stereocenters. The van der Waals surface area contributed by atoms with Gasteiger partial charge in [-0.15, -0.1) is 0 Å². The first-order valence-corrected chi connectivity index (χ1v) is 6.77. The van der Waals surface area contributed by atoms with Gasteiger partial charge in [0, 0.05) is 24.1 Å². The summed E-state index contributed by atoms with van der Waals surface area (Å²) in [5.41, 5.74) is 1.16. The Balaban J connectivity index is 1.91. The summed E-state index contributed by atoms with van der Waals surface area (Å²) in [7, 11) is 1.94. The van der Waals surface area contributed by atoms with Crippen LogP contribution in [-0.4, -0.2) is 33.4 Å². The smallest absolute Gasteiger partial charge is 0.0949 e. The number of nitrogens with one attached hydrogen (secondary N) is 1. The third-order valence-corrected chi connectivity index (χ3v) is 3.44. The lowest BCUT2D eigenvalue weighted by molar-refractivity contribution is 0.0264. The van der Waals surface area contributed by atoms with Gasteiger partial charge in [-0.05, 0) is 31.2 Å². The minimum absolute atomic E-state index is 0.0767. The first-order valence-electron chi connectivity index (χ1n) is 6.39. The number of rotatable bonds is 6. The lowest BCUT2D eigenvalue weighted by atomic mass is 10.1. The highest BCUT2D eigenvalue weighted by Gasteiger charge is 2.19. The maximum absolute atomic E-state index is 6.01. The second kappa shape index (κ2) is 7.10. The third kappa shape index (κ3) is 3.95. The molecule has 4 heteroatoms. The summed E-state index contributed by atoms with van der Waals surface area (Å²) in [4.78, 5) is 0. The van der Waals surface area contributed by atoms with Crippen molar-refractivity contribution in [3.8, 4) is 0 Å². The van der Waals surface area contributed by atoms with Gasteiger partial charge in [0.1, 0.15) is 0 Å². The van der Waals surface area contributed by atoms with Crippen LogP contribution in [0.4, 0.5) is 0 Å². The number of ether oxygens (including phenoxy) is 2. The van der Waals surface area contributed by atoms with Crippen molar-refractivity contribution in [2.75, 3.05) is 33.4 Å². The Labute approximate surface area is 113 Å². The Morgan fingerprint density at radius 2 is 2.22 bits per heavy atom. The summed E-state index contributed by atoms with van der Waals surface area (Å²) < 4.78 is 11.4. The van der Waals surface area contributed by atoms with Crippen LogP contribution in [0.25, 0.3) is 0 Å². The van der Waals surface area contributed by atoms with Crippen molar-refractivity contribution in [2.24, 2.45) is 5.92 Å². The van der Waals surface area contributed by atoms with E-state index in [9.17, 15) is 0 Å². The van der Waals surface area contributed by atoms with Crippen LogP contribution in [-0.2, 0) is 9.47 Å². The molecule has 0 saturated carbocycles. The molecule has 0 bridgehead atoms. The second-order valence-electron chi connectivity index (χ2n) is 4.66. The first kappa shape index (κ1) is 13.8. The van der Waals surface area contributed by atoms with E-state index in [2.05, 4.69) is 5.32 Å². The van der Waals surface area contributed by atoms with Gasteiger partial charge in [0.15, 0.2) is 0 Å². The zero-order chi connectivity index (χ0) is 12.8. The highest BCUT2D eigenvalue weighted by molar-refractivity contribution is 6.30. The van der Waals surface area contributed by atoms with E-state index in [1.165, 1.54) is 0 Å². The van der Waals surface area contributed by atoms with Gasteiger partial charge in [0.05, 0.1) is 19.3 Å². The van der Waals surface area contributed by atoms with Crippen molar-refractivity contribution >= 4 is 11.6 Å². The van der Waals surface area contributed by atoms with E-state index in [1.54, 1.807) is 0 Å². The van der Waals surface area contributed by atoms with Crippen molar-refractivity contribution in [1.29, 1.82) is 0 Å². The van der Waals surface area contributed by atoms with Crippen molar-refractivity contribution in [2.45, 2.75) is 12.5 Å². The Bertz CT molecular complexity index is 349. The van der Waals surface area contributed by atoms with Crippen LogP contribution in [0.5, 0.6) is 0 Å². The highest BCUT2D eigenvalue weighted by atomic mass is 35.5. The predicted molar refractivity (Wildman–Crippen MR) is 73.0 cm³/mol. The Morgan fingerprint density at radius 1 is 1.44 bits per heavy atom. The number of likely N-dealkylation sites (N-methyl/N-ethyl adjacent to an activating group) is 1. The molecule has 1 aliphatic heterocycles. The molecule has 0 spiro atoms. The van der Waals surface area contributed by atoms with Gasteiger partial charge in [-0.3, -0.25) is 0 Å². The molecule has 0 aromatic heterocycles. The van der Waals surface area contributed by atoms with Crippen LogP contribution in [0, 0.1) is 5.92 Å². The van der Waals surface area contributed by atoms with Crippen molar-refractivity contribution in [3.63, 3.8) is 0 Å². The average Bonchev–Trinajstić information content (AvgIpc) is 2.89. The maximum atomic E-state index is 6.01. The third-order valence-electron chi connectivity index (χ3n) is 3.19. The summed E-state index contributed by atoms with van der Waals surface area (Å²) in [5, 5.41) is 3.92. The van der Waals surface area contributed by atoms with E-state index in [4.69, 9.17) is 21.1 Å². The van der Waals surface area contributed by atoms with E-state index >= 15 is 0 Å². The Morgan fingerprint density at radius 3 is 2.83 bits per heavy atom. The zero-order valence-electron chi connectivity index (χ0n) is 10.7. The van der Waals surface area contributed by atoms with E-state index in [0.29, 0.717) is 5.92 Å². The van der Waals surface area contributed by atoms with Gasteiger partial charge in [0.2, 0.25) is 0 Å². The molecule has 1 aliphatic rings. The summed E-state index contributed by atoms with van der Waals surface area (Å²) in [6.45, 7) is 3.25. The molecule has 100 valence electrons. The van der Waals surface area contributed by atoms with Crippen LogP contribution in [0.2, 0.25) is 5.02 Å². The number of halogens is 1. The molecule has 1 aromatic rings. The number of benzene rings is 1. The minimum Gasteiger partial charge on any atom is -0.381 e. The summed E-state index contributed by atoms with van der Waals surface area (Å²) in [6, 6.07) is 7.86. The lowest BCUT2D eigenvalue weighted by Gasteiger charge is -2.20. The highest BCUT2D eigenvalue weighted by Crippen LogP contribution is 2.22. The minimum atomic E-state index is 0.0767. The fourth-order valence-electron chi connectivity index (χ4n) is 2.10. The molecule has 0 amide bonds. The maximum Gasteiger partial charge on any atom is 0.0949 e. The van der Waals surface area contributed by atoms with Crippen LogP contribution in [0.1, 0.15) is 18.1 Å². The number of hydrogen-bond acceptors (Lipinski definition) is 3. The first-order chi connectivity index (χ1) is 8.79. The molecular formula is C14H20ClNO2. The summed E-state index contributed by atoms with van der Waals surface area (Å²) >= 11 is 5.90. The van der Waals surface area contributed by atoms with Crippen LogP contribution < -0.4 is 5.32 Å². The molecule has 0 aliphatic carbocycles. The molecule has 0 radical (unpaired) electrons. The standard InChI is InChI=1S/C14H20ClNO2/c1-16-8-14(12-2-4-13(15)5-3-12)18-10-11-6-7-17-9-11/h2-5,11,14,16H,6-10H2,1H3. The second-order valence-corrected chi connectivity index (χ2v) is 5.10. The quantitative estimate of drug-likeness (QED) is 0.861. The molecule has 1 heterocycles. The normalized spacial score (nSPS) is 21.1. The lowest BCUT2D eigenvalue weighted by Crippen LogP contribution is -2.22. The zero-order valence-corrected chi connectivity index (χ0v) is 11.5. The molecule has 1 N–H and O–H groups in total. The Kier molecular flexibility index (Phi) is 5.45. The topological polar surface area (TPSA) is 30.5 Å². The largest absolute Gasteiger partial charge is 0.381 e.